The Morgan fingerprint density at radius 2 is 2.20 bits per heavy atom. The van der Waals surface area contributed by atoms with Gasteiger partial charge in [0.2, 0.25) is 0 Å². The van der Waals surface area contributed by atoms with Crippen molar-refractivity contribution in [2.45, 2.75) is 44.9 Å². The molecule has 1 rings (SSSR count). The number of nitriles is 1. The maximum absolute atomic E-state index is 11.6. The van der Waals surface area contributed by atoms with E-state index in [1.165, 1.54) is 4.90 Å². The average molecular weight is 212 g/mol. The summed E-state index contributed by atoms with van der Waals surface area (Å²) < 4.78 is 5.13. The molecule has 0 bridgehead atoms. The Morgan fingerprint density at radius 3 is 2.67 bits per heavy atom. The number of aliphatic hydroxyl groups excluding tert-OH is 1. The lowest BCUT2D eigenvalue weighted by Gasteiger charge is -2.26. The summed E-state index contributed by atoms with van der Waals surface area (Å²) in [7, 11) is 0. The Hall–Kier alpha value is -1.28. The molecule has 15 heavy (non-hydrogen) atoms. The van der Waals surface area contributed by atoms with Gasteiger partial charge in [0.05, 0.1) is 12.2 Å². The first-order chi connectivity index (χ1) is 6.85. The topological polar surface area (TPSA) is 73.6 Å². The second-order valence-corrected chi connectivity index (χ2v) is 4.60. The zero-order chi connectivity index (χ0) is 11.6. The van der Waals surface area contributed by atoms with Gasteiger partial charge in [0, 0.05) is 6.54 Å². The van der Waals surface area contributed by atoms with Crippen LogP contribution < -0.4 is 0 Å². The second-order valence-electron chi connectivity index (χ2n) is 4.60. The molecule has 5 heteroatoms. The van der Waals surface area contributed by atoms with E-state index in [9.17, 15) is 9.90 Å². The highest BCUT2D eigenvalue weighted by atomic mass is 16.6. The maximum Gasteiger partial charge on any atom is 0.411 e. The fraction of sp³-hybridized carbons (Fsp3) is 0.800. The molecule has 1 heterocycles. The number of aliphatic hydroxyl groups is 1. The first-order valence-corrected chi connectivity index (χ1v) is 4.92. The Morgan fingerprint density at radius 1 is 1.60 bits per heavy atom. The summed E-state index contributed by atoms with van der Waals surface area (Å²) in [6.45, 7) is 5.66. The Bertz CT molecular complexity index is 290. The van der Waals surface area contributed by atoms with Gasteiger partial charge in [-0.1, -0.05) is 0 Å². The molecule has 0 aromatic heterocycles. The van der Waals surface area contributed by atoms with Crippen molar-refractivity contribution in [3.63, 3.8) is 0 Å². The van der Waals surface area contributed by atoms with Gasteiger partial charge < -0.3 is 9.84 Å². The maximum atomic E-state index is 11.6. The van der Waals surface area contributed by atoms with Crippen molar-refractivity contribution in [1.29, 1.82) is 5.26 Å². The molecule has 1 saturated heterocycles. The standard InChI is InChI=1S/C10H16N2O3/c1-10(2,3)15-9(14)12-5-4-8(13)7(12)6-11/h7-8,13H,4-5H2,1-3H3. The fourth-order valence-corrected chi connectivity index (χ4v) is 1.46. The van der Waals surface area contributed by atoms with E-state index < -0.39 is 23.8 Å². The third-order valence-corrected chi connectivity index (χ3v) is 2.13. The van der Waals surface area contributed by atoms with Crippen LogP contribution in [0.2, 0.25) is 0 Å². The van der Waals surface area contributed by atoms with E-state index in [4.69, 9.17) is 10.00 Å². The number of carbonyl (C=O) groups excluding carboxylic acids is 1. The van der Waals surface area contributed by atoms with Crippen LogP contribution in [0.5, 0.6) is 0 Å². The van der Waals surface area contributed by atoms with Crippen LogP contribution in [0.3, 0.4) is 0 Å². The molecule has 1 aliphatic rings. The Labute approximate surface area is 89.2 Å². The SMILES string of the molecule is CC(C)(C)OC(=O)N1CCC(O)C1C#N. The lowest BCUT2D eigenvalue weighted by Crippen LogP contribution is -2.41. The van der Waals surface area contributed by atoms with Gasteiger partial charge in [-0.25, -0.2) is 4.79 Å². The molecule has 1 fully saturated rings. The molecule has 5 nitrogen and oxygen atoms in total. The summed E-state index contributed by atoms with van der Waals surface area (Å²) in [5.41, 5.74) is -0.579. The second kappa shape index (κ2) is 4.07. The van der Waals surface area contributed by atoms with Crippen LogP contribution in [0, 0.1) is 11.3 Å². The van der Waals surface area contributed by atoms with Crippen molar-refractivity contribution in [2.75, 3.05) is 6.54 Å². The van der Waals surface area contributed by atoms with Crippen molar-refractivity contribution in [1.82, 2.24) is 4.90 Å². The molecule has 0 saturated carbocycles. The van der Waals surface area contributed by atoms with E-state index >= 15 is 0 Å². The van der Waals surface area contributed by atoms with Crippen LogP contribution in [0.25, 0.3) is 0 Å². The van der Waals surface area contributed by atoms with E-state index in [0.717, 1.165) is 0 Å². The largest absolute Gasteiger partial charge is 0.444 e. The average Bonchev–Trinajstić information content (AvgIpc) is 2.43. The van der Waals surface area contributed by atoms with Crippen molar-refractivity contribution >= 4 is 6.09 Å². The number of likely N-dealkylation sites (tertiary alicyclic amines) is 1. The van der Waals surface area contributed by atoms with Gasteiger partial charge in [-0.3, -0.25) is 4.90 Å². The molecule has 0 radical (unpaired) electrons. The number of ether oxygens (including phenoxy) is 1. The highest BCUT2D eigenvalue weighted by molar-refractivity contribution is 5.69. The van der Waals surface area contributed by atoms with Gasteiger partial charge in [0.15, 0.2) is 0 Å². The predicted molar refractivity (Wildman–Crippen MR) is 53.0 cm³/mol. The van der Waals surface area contributed by atoms with Crippen molar-refractivity contribution in [2.24, 2.45) is 0 Å². The molecule has 84 valence electrons. The lowest BCUT2D eigenvalue weighted by atomic mass is 10.2. The zero-order valence-electron chi connectivity index (χ0n) is 9.23. The number of hydrogen-bond acceptors (Lipinski definition) is 4. The van der Waals surface area contributed by atoms with Gasteiger partial charge >= 0.3 is 6.09 Å². The zero-order valence-corrected chi connectivity index (χ0v) is 9.23. The molecule has 0 spiro atoms. The third-order valence-electron chi connectivity index (χ3n) is 2.13. The quantitative estimate of drug-likeness (QED) is 0.647. The van der Waals surface area contributed by atoms with Crippen molar-refractivity contribution in [3.05, 3.63) is 0 Å². The molecule has 1 aliphatic heterocycles. The van der Waals surface area contributed by atoms with Gasteiger partial charge in [-0.2, -0.15) is 5.26 Å². The minimum absolute atomic E-state index is 0.369. The summed E-state index contributed by atoms with van der Waals surface area (Å²) in [6.07, 6.45) is -0.870. The third kappa shape index (κ3) is 2.83. The molecule has 0 aromatic carbocycles. The summed E-state index contributed by atoms with van der Waals surface area (Å²) in [4.78, 5) is 12.9. The highest BCUT2D eigenvalue weighted by Crippen LogP contribution is 2.20. The van der Waals surface area contributed by atoms with Crippen LogP contribution in [0.4, 0.5) is 4.79 Å². The normalized spacial score (nSPS) is 26.2. The molecular formula is C10H16N2O3. The number of carbonyl (C=O) groups is 1. The van der Waals surface area contributed by atoms with Crippen LogP contribution in [-0.4, -0.2) is 40.4 Å². The summed E-state index contributed by atoms with van der Waals surface area (Å²) in [5.74, 6) is 0. The van der Waals surface area contributed by atoms with E-state index in [-0.39, 0.29) is 0 Å². The smallest absolute Gasteiger partial charge is 0.411 e. The number of hydrogen-bond donors (Lipinski definition) is 1. The number of nitrogens with zero attached hydrogens (tertiary/aromatic N) is 2. The van der Waals surface area contributed by atoms with Crippen LogP contribution in [-0.2, 0) is 4.74 Å². The van der Waals surface area contributed by atoms with Crippen LogP contribution in [0.15, 0.2) is 0 Å². The number of amides is 1. The van der Waals surface area contributed by atoms with Gasteiger partial charge in [-0.05, 0) is 27.2 Å². The molecule has 2 unspecified atom stereocenters. The van der Waals surface area contributed by atoms with Crippen molar-refractivity contribution < 1.29 is 14.6 Å². The Kier molecular flexibility index (Phi) is 3.20. The summed E-state index contributed by atoms with van der Waals surface area (Å²) >= 11 is 0. The fourth-order valence-electron chi connectivity index (χ4n) is 1.46. The Balaban J connectivity index is 2.65. The van der Waals surface area contributed by atoms with Gasteiger partial charge in [-0.15, -0.1) is 0 Å². The molecule has 0 aliphatic carbocycles. The summed E-state index contributed by atoms with van der Waals surface area (Å²) in [5, 5.41) is 18.2. The molecule has 0 aromatic rings. The van der Waals surface area contributed by atoms with E-state index in [2.05, 4.69) is 0 Å². The van der Waals surface area contributed by atoms with Crippen LogP contribution in [0.1, 0.15) is 27.2 Å². The molecule has 1 N–H and O–H groups in total. The van der Waals surface area contributed by atoms with E-state index in [0.29, 0.717) is 13.0 Å². The first kappa shape index (κ1) is 11.8. The highest BCUT2D eigenvalue weighted by Gasteiger charge is 2.38. The van der Waals surface area contributed by atoms with E-state index in [1.807, 2.05) is 6.07 Å². The van der Waals surface area contributed by atoms with Crippen molar-refractivity contribution in [3.8, 4) is 6.07 Å². The van der Waals surface area contributed by atoms with Crippen LogP contribution >= 0.6 is 0 Å². The lowest BCUT2D eigenvalue weighted by molar-refractivity contribution is 0.0214. The van der Waals surface area contributed by atoms with Gasteiger partial charge in [0.1, 0.15) is 11.6 Å². The number of rotatable bonds is 0. The minimum Gasteiger partial charge on any atom is -0.444 e. The van der Waals surface area contributed by atoms with E-state index in [1.54, 1.807) is 20.8 Å². The monoisotopic (exact) mass is 212 g/mol. The molecule has 2 atom stereocenters. The summed E-state index contributed by atoms with van der Waals surface area (Å²) in [6, 6.07) is 1.13. The minimum atomic E-state index is -0.778. The predicted octanol–water partition coefficient (Wildman–Crippen LogP) is 0.880. The molecule has 1 amide bonds. The molecular weight excluding hydrogens is 196 g/mol. The van der Waals surface area contributed by atoms with Gasteiger partial charge in [0.25, 0.3) is 0 Å². The first-order valence-electron chi connectivity index (χ1n) is 4.92.